The molecular weight excluding hydrogens is 564 g/mol. The van der Waals surface area contributed by atoms with E-state index in [1.807, 2.05) is 56.4 Å². The summed E-state index contributed by atoms with van der Waals surface area (Å²) in [5.74, 6) is -0.0984. The topological polar surface area (TPSA) is 132 Å². The normalized spacial score (nSPS) is 17.9. The highest BCUT2D eigenvalue weighted by atomic mass is 32.2. The standard InChI is InChI=1S/C32H44N6O4S/c1-23(2)35-30(39)22-37-16-14-36(15-17-37)11-6-18-43(41,42)38-12-9-25(10-13-38)29-21-34-31-27(29)19-26(20-28(31)32(33)40)24-7-4-3-5-8-24/h3-5,7-8,19-21,23,25,34H,6,9-18,22H2,1-2H3,(H2,33,40)(H,35,39). The lowest BCUT2D eigenvalue weighted by molar-refractivity contribution is -0.123. The summed E-state index contributed by atoms with van der Waals surface area (Å²) in [7, 11) is -3.34. The number of carbonyl (C=O) groups excluding carboxylic acids is 2. The predicted molar refractivity (Wildman–Crippen MR) is 170 cm³/mol. The van der Waals surface area contributed by atoms with Gasteiger partial charge in [0.1, 0.15) is 0 Å². The molecule has 2 saturated heterocycles. The van der Waals surface area contributed by atoms with Crippen molar-refractivity contribution in [1.29, 1.82) is 0 Å². The molecular formula is C32H44N6O4S. The molecule has 43 heavy (non-hydrogen) atoms. The van der Waals surface area contributed by atoms with E-state index in [9.17, 15) is 18.0 Å². The lowest BCUT2D eigenvalue weighted by Gasteiger charge is -2.34. The zero-order chi connectivity index (χ0) is 30.6. The zero-order valence-electron chi connectivity index (χ0n) is 25.2. The third-order valence-corrected chi connectivity index (χ3v) is 10.6. The van der Waals surface area contributed by atoms with Crippen molar-refractivity contribution in [3.8, 4) is 11.1 Å². The van der Waals surface area contributed by atoms with E-state index in [4.69, 9.17) is 5.73 Å². The highest BCUT2D eigenvalue weighted by Gasteiger charge is 2.30. The van der Waals surface area contributed by atoms with Crippen molar-refractivity contribution in [2.24, 2.45) is 5.73 Å². The predicted octanol–water partition coefficient (Wildman–Crippen LogP) is 2.98. The van der Waals surface area contributed by atoms with E-state index in [-0.39, 0.29) is 23.6 Å². The summed E-state index contributed by atoms with van der Waals surface area (Å²) >= 11 is 0. The molecule has 5 rings (SSSR count). The largest absolute Gasteiger partial charge is 0.366 e. The quantitative estimate of drug-likeness (QED) is 0.307. The van der Waals surface area contributed by atoms with Gasteiger partial charge in [-0.05, 0) is 74.4 Å². The number of fused-ring (bicyclic) bond motifs is 1. The van der Waals surface area contributed by atoms with Crippen LogP contribution in [0, 0.1) is 0 Å². The van der Waals surface area contributed by atoms with E-state index in [1.54, 1.807) is 4.31 Å². The first-order valence-electron chi connectivity index (χ1n) is 15.3. The number of aromatic nitrogens is 1. The van der Waals surface area contributed by atoms with Crippen LogP contribution in [0.1, 0.15) is 54.9 Å². The number of nitrogens with two attached hydrogens (primary N) is 1. The van der Waals surface area contributed by atoms with Gasteiger partial charge in [-0.2, -0.15) is 0 Å². The molecule has 3 heterocycles. The maximum atomic E-state index is 13.2. The number of nitrogens with one attached hydrogen (secondary N) is 2. The first-order chi connectivity index (χ1) is 20.6. The number of carbonyl (C=O) groups is 2. The molecule has 1 aromatic heterocycles. The van der Waals surface area contributed by atoms with Crippen molar-refractivity contribution in [2.75, 3.05) is 58.1 Å². The third kappa shape index (κ3) is 7.64. The summed E-state index contributed by atoms with van der Waals surface area (Å²) in [6.07, 6.45) is 3.99. The molecule has 0 saturated carbocycles. The van der Waals surface area contributed by atoms with Gasteiger partial charge in [-0.15, -0.1) is 0 Å². The molecule has 4 N–H and O–H groups in total. The Kier molecular flexibility index (Phi) is 9.85. The van der Waals surface area contributed by atoms with E-state index < -0.39 is 15.9 Å². The number of hydrogen-bond donors (Lipinski definition) is 3. The lowest BCUT2D eigenvalue weighted by atomic mass is 9.88. The molecule has 0 radical (unpaired) electrons. The molecule has 3 aromatic rings. The summed E-state index contributed by atoms with van der Waals surface area (Å²) < 4.78 is 28.1. The molecule has 11 heteroatoms. The van der Waals surface area contributed by atoms with Crippen molar-refractivity contribution in [2.45, 2.75) is 45.1 Å². The van der Waals surface area contributed by atoms with E-state index in [0.717, 1.165) is 73.2 Å². The van der Waals surface area contributed by atoms with Gasteiger partial charge in [0.25, 0.3) is 5.91 Å². The van der Waals surface area contributed by atoms with E-state index >= 15 is 0 Å². The second-order valence-corrected chi connectivity index (χ2v) is 14.2. The van der Waals surface area contributed by atoms with Crippen LogP contribution in [0.5, 0.6) is 0 Å². The fourth-order valence-corrected chi connectivity index (χ4v) is 7.89. The lowest BCUT2D eigenvalue weighted by Crippen LogP contribution is -2.50. The van der Waals surface area contributed by atoms with E-state index in [0.29, 0.717) is 31.6 Å². The van der Waals surface area contributed by atoms with Crippen LogP contribution >= 0.6 is 0 Å². The zero-order valence-corrected chi connectivity index (χ0v) is 26.0. The summed E-state index contributed by atoms with van der Waals surface area (Å²) in [5.41, 5.74) is 9.99. The monoisotopic (exact) mass is 608 g/mol. The van der Waals surface area contributed by atoms with Crippen LogP contribution < -0.4 is 11.1 Å². The van der Waals surface area contributed by atoms with E-state index in [1.165, 1.54) is 0 Å². The summed E-state index contributed by atoms with van der Waals surface area (Å²) in [5, 5.41) is 3.90. The molecule has 2 fully saturated rings. The highest BCUT2D eigenvalue weighted by Crippen LogP contribution is 2.37. The molecule has 2 amide bonds. The minimum Gasteiger partial charge on any atom is -0.366 e. The molecule has 2 aliphatic rings. The number of piperidine rings is 1. The Bertz CT molecular complexity index is 1520. The van der Waals surface area contributed by atoms with E-state index in [2.05, 4.69) is 26.2 Å². The number of H-pyrrole nitrogens is 1. The highest BCUT2D eigenvalue weighted by molar-refractivity contribution is 7.89. The van der Waals surface area contributed by atoms with Crippen LogP contribution in [0.2, 0.25) is 0 Å². The summed E-state index contributed by atoms with van der Waals surface area (Å²) in [6, 6.07) is 14.0. The fraction of sp³-hybridized carbons (Fsp3) is 0.500. The van der Waals surface area contributed by atoms with Crippen LogP contribution in [-0.4, -0.2) is 103 Å². The van der Waals surface area contributed by atoms with Gasteiger partial charge in [0.05, 0.1) is 23.4 Å². The Morgan fingerprint density at radius 2 is 1.65 bits per heavy atom. The van der Waals surface area contributed by atoms with Crippen LogP contribution in [0.15, 0.2) is 48.7 Å². The summed E-state index contributed by atoms with van der Waals surface area (Å²) in [4.78, 5) is 32.1. The smallest absolute Gasteiger partial charge is 0.250 e. The molecule has 2 aliphatic heterocycles. The molecule has 10 nitrogen and oxygen atoms in total. The van der Waals surface area contributed by atoms with Crippen molar-refractivity contribution >= 4 is 32.7 Å². The number of sulfonamides is 1. The average Bonchev–Trinajstić information content (AvgIpc) is 3.41. The van der Waals surface area contributed by atoms with Crippen LogP contribution in [0.4, 0.5) is 0 Å². The van der Waals surface area contributed by atoms with Crippen molar-refractivity contribution in [1.82, 2.24) is 24.4 Å². The van der Waals surface area contributed by atoms with Gasteiger partial charge < -0.3 is 20.9 Å². The Balaban J connectivity index is 1.14. The van der Waals surface area contributed by atoms with Gasteiger partial charge in [0, 0.05) is 56.9 Å². The maximum absolute atomic E-state index is 13.2. The molecule has 2 aromatic carbocycles. The molecule has 0 atom stereocenters. The van der Waals surface area contributed by atoms with Gasteiger partial charge in [-0.25, -0.2) is 12.7 Å². The number of nitrogens with zero attached hydrogens (tertiary/aromatic N) is 3. The van der Waals surface area contributed by atoms with Crippen LogP contribution in [-0.2, 0) is 14.8 Å². The van der Waals surface area contributed by atoms with Gasteiger partial charge >= 0.3 is 0 Å². The van der Waals surface area contributed by atoms with Crippen LogP contribution in [0.25, 0.3) is 22.0 Å². The Labute approximate surface area is 254 Å². The second-order valence-electron chi connectivity index (χ2n) is 12.1. The maximum Gasteiger partial charge on any atom is 0.250 e. The van der Waals surface area contributed by atoms with Gasteiger partial charge in [-0.3, -0.25) is 14.5 Å². The Morgan fingerprint density at radius 3 is 2.30 bits per heavy atom. The number of hydrogen-bond acceptors (Lipinski definition) is 6. The van der Waals surface area contributed by atoms with Crippen molar-refractivity contribution in [3.05, 3.63) is 59.8 Å². The number of benzene rings is 2. The number of amides is 2. The Morgan fingerprint density at radius 1 is 0.977 bits per heavy atom. The third-order valence-electron chi connectivity index (χ3n) is 8.64. The van der Waals surface area contributed by atoms with Crippen LogP contribution in [0.3, 0.4) is 0 Å². The van der Waals surface area contributed by atoms with Crippen molar-refractivity contribution in [3.63, 3.8) is 0 Å². The fourth-order valence-electron chi connectivity index (χ4n) is 6.37. The van der Waals surface area contributed by atoms with Gasteiger partial charge in [0.15, 0.2) is 0 Å². The first-order valence-corrected chi connectivity index (χ1v) is 16.9. The minimum atomic E-state index is -3.34. The SMILES string of the molecule is CC(C)NC(=O)CN1CCN(CCCS(=O)(=O)N2CCC(c3c[nH]c4c(C(N)=O)cc(-c5ccccc5)cc34)CC2)CC1. The van der Waals surface area contributed by atoms with Crippen molar-refractivity contribution < 1.29 is 18.0 Å². The molecule has 0 unspecified atom stereocenters. The Hall–Kier alpha value is -3.25. The first kappa shape index (κ1) is 31.2. The number of piperazine rings is 1. The molecule has 0 aliphatic carbocycles. The number of rotatable bonds is 11. The summed E-state index contributed by atoms with van der Waals surface area (Å²) in [6.45, 7) is 9.34. The second kappa shape index (κ2) is 13.6. The van der Waals surface area contributed by atoms with Gasteiger partial charge in [0.2, 0.25) is 15.9 Å². The average molecular weight is 609 g/mol. The number of primary amides is 1. The molecule has 0 bridgehead atoms. The molecule has 0 spiro atoms. The molecule has 232 valence electrons. The van der Waals surface area contributed by atoms with Gasteiger partial charge in [-0.1, -0.05) is 30.3 Å². The number of aromatic amines is 1. The minimum absolute atomic E-state index is 0.0513.